The lowest BCUT2D eigenvalue weighted by Gasteiger charge is -2.09. The Morgan fingerprint density at radius 1 is 1.47 bits per heavy atom. The largest absolute Gasteiger partial charge is 0.326 e. The highest BCUT2D eigenvalue weighted by Crippen LogP contribution is 2.14. The molecule has 0 aliphatic heterocycles. The molecule has 1 aromatic heterocycles. The Hall–Kier alpha value is -2.41. The molecule has 0 aliphatic carbocycles. The quantitative estimate of drug-likeness (QED) is 0.787. The van der Waals surface area contributed by atoms with Gasteiger partial charge in [-0.15, -0.1) is 0 Å². The maximum absolute atomic E-state index is 13.0. The molecule has 0 radical (unpaired) electrons. The van der Waals surface area contributed by atoms with E-state index >= 15 is 0 Å². The molecule has 0 saturated heterocycles. The molecule has 0 spiro atoms. The Balaban J connectivity index is 2.07. The summed E-state index contributed by atoms with van der Waals surface area (Å²) in [5.41, 5.74) is 6.63. The maximum atomic E-state index is 13.0. The monoisotopic (exact) mass is 263 g/mol. The molecule has 0 atom stereocenters. The number of urea groups is 1. The SMILES string of the molecule is Cn1ncc(CN)c1NC(=O)Nc1cccc(F)c1. The average molecular weight is 263 g/mol. The molecule has 0 aliphatic rings. The third kappa shape index (κ3) is 3.08. The van der Waals surface area contributed by atoms with Crippen molar-refractivity contribution in [2.45, 2.75) is 6.54 Å². The molecule has 0 unspecified atom stereocenters. The number of hydrogen-bond acceptors (Lipinski definition) is 3. The van der Waals surface area contributed by atoms with Crippen molar-refractivity contribution in [3.05, 3.63) is 41.8 Å². The van der Waals surface area contributed by atoms with E-state index < -0.39 is 11.8 Å². The Bertz CT molecular complexity index is 596. The highest BCUT2D eigenvalue weighted by atomic mass is 19.1. The number of hydrogen-bond donors (Lipinski definition) is 3. The van der Waals surface area contributed by atoms with Gasteiger partial charge in [-0.05, 0) is 18.2 Å². The first kappa shape index (κ1) is 13.0. The fourth-order valence-electron chi connectivity index (χ4n) is 1.63. The Labute approximate surface area is 109 Å². The van der Waals surface area contributed by atoms with E-state index in [-0.39, 0.29) is 6.54 Å². The number of carbonyl (C=O) groups is 1. The van der Waals surface area contributed by atoms with Gasteiger partial charge in [-0.25, -0.2) is 9.18 Å². The van der Waals surface area contributed by atoms with Gasteiger partial charge in [0.15, 0.2) is 0 Å². The van der Waals surface area contributed by atoms with Crippen LogP contribution in [0.25, 0.3) is 0 Å². The van der Waals surface area contributed by atoms with Gasteiger partial charge in [-0.1, -0.05) is 6.07 Å². The van der Waals surface area contributed by atoms with Crippen molar-refractivity contribution in [3.63, 3.8) is 0 Å². The van der Waals surface area contributed by atoms with Crippen molar-refractivity contribution < 1.29 is 9.18 Å². The van der Waals surface area contributed by atoms with Gasteiger partial charge in [0, 0.05) is 24.8 Å². The van der Waals surface area contributed by atoms with Gasteiger partial charge in [-0.2, -0.15) is 5.10 Å². The summed E-state index contributed by atoms with van der Waals surface area (Å²) in [6.07, 6.45) is 1.58. The number of nitrogens with one attached hydrogen (secondary N) is 2. The van der Waals surface area contributed by atoms with Crippen LogP contribution in [0.15, 0.2) is 30.5 Å². The number of halogens is 1. The summed E-state index contributed by atoms with van der Waals surface area (Å²) in [5.74, 6) is 0.0948. The van der Waals surface area contributed by atoms with Crippen molar-refractivity contribution in [3.8, 4) is 0 Å². The number of amides is 2. The van der Waals surface area contributed by atoms with Crippen molar-refractivity contribution in [2.75, 3.05) is 10.6 Å². The molecule has 0 bridgehead atoms. The second-order valence-corrected chi connectivity index (χ2v) is 3.94. The lowest BCUT2D eigenvalue weighted by Crippen LogP contribution is -2.22. The van der Waals surface area contributed by atoms with E-state index in [4.69, 9.17) is 5.73 Å². The molecule has 0 fully saturated rings. The minimum Gasteiger partial charge on any atom is -0.326 e. The van der Waals surface area contributed by atoms with Crippen LogP contribution < -0.4 is 16.4 Å². The van der Waals surface area contributed by atoms with Crippen molar-refractivity contribution >= 4 is 17.5 Å². The van der Waals surface area contributed by atoms with E-state index in [0.29, 0.717) is 11.5 Å². The summed E-state index contributed by atoms with van der Waals surface area (Å²) < 4.78 is 14.5. The normalized spacial score (nSPS) is 10.3. The second kappa shape index (κ2) is 5.49. The van der Waals surface area contributed by atoms with Crippen molar-refractivity contribution in [1.29, 1.82) is 0 Å². The molecule has 100 valence electrons. The Morgan fingerprint density at radius 2 is 2.26 bits per heavy atom. The molecule has 1 aromatic carbocycles. The van der Waals surface area contributed by atoms with Crippen LogP contribution in [-0.2, 0) is 13.6 Å². The number of benzene rings is 1. The summed E-state index contributed by atoms with van der Waals surface area (Å²) in [6.45, 7) is 0.267. The van der Waals surface area contributed by atoms with E-state index in [1.807, 2.05) is 0 Å². The molecule has 2 aromatic rings. The highest BCUT2D eigenvalue weighted by Gasteiger charge is 2.10. The standard InChI is InChI=1S/C12H14FN5O/c1-18-11(8(6-14)7-15-18)17-12(19)16-10-4-2-3-9(13)5-10/h2-5,7H,6,14H2,1H3,(H2,16,17,19). The fraction of sp³-hybridized carbons (Fsp3) is 0.167. The molecule has 4 N–H and O–H groups in total. The number of rotatable bonds is 3. The molecule has 6 nitrogen and oxygen atoms in total. The predicted molar refractivity (Wildman–Crippen MR) is 70.1 cm³/mol. The van der Waals surface area contributed by atoms with Crippen LogP contribution in [-0.4, -0.2) is 15.8 Å². The summed E-state index contributed by atoms with van der Waals surface area (Å²) in [4.78, 5) is 11.8. The molecular formula is C12H14FN5O. The maximum Gasteiger partial charge on any atom is 0.324 e. The Kier molecular flexibility index (Phi) is 3.76. The van der Waals surface area contributed by atoms with E-state index in [1.54, 1.807) is 19.3 Å². The topological polar surface area (TPSA) is 85.0 Å². The molecule has 2 rings (SSSR count). The molecule has 19 heavy (non-hydrogen) atoms. The van der Waals surface area contributed by atoms with Gasteiger partial charge in [0.25, 0.3) is 0 Å². The van der Waals surface area contributed by atoms with Gasteiger partial charge in [0.2, 0.25) is 0 Å². The molecule has 7 heteroatoms. The van der Waals surface area contributed by atoms with Gasteiger partial charge < -0.3 is 11.1 Å². The smallest absolute Gasteiger partial charge is 0.324 e. The van der Waals surface area contributed by atoms with Crippen LogP contribution in [0, 0.1) is 5.82 Å². The molecule has 2 amide bonds. The highest BCUT2D eigenvalue weighted by molar-refractivity contribution is 5.99. The lowest BCUT2D eigenvalue weighted by molar-refractivity contribution is 0.262. The number of nitrogens with two attached hydrogens (primary N) is 1. The number of anilines is 2. The third-order valence-electron chi connectivity index (χ3n) is 2.55. The van der Waals surface area contributed by atoms with Gasteiger partial charge in [0.05, 0.1) is 6.20 Å². The van der Waals surface area contributed by atoms with E-state index in [9.17, 15) is 9.18 Å². The van der Waals surface area contributed by atoms with Crippen LogP contribution >= 0.6 is 0 Å². The van der Waals surface area contributed by atoms with Crippen LogP contribution in [0.2, 0.25) is 0 Å². The minimum atomic E-state index is -0.483. The Morgan fingerprint density at radius 3 is 2.95 bits per heavy atom. The molecule has 1 heterocycles. The van der Waals surface area contributed by atoms with E-state index in [1.165, 1.54) is 22.9 Å². The van der Waals surface area contributed by atoms with Gasteiger partial charge >= 0.3 is 6.03 Å². The number of aryl methyl sites for hydroxylation is 1. The fourth-order valence-corrected chi connectivity index (χ4v) is 1.63. The average Bonchev–Trinajstić information content (AvgIpc) is 2.70. The zero-order valence-corrected chi connectivity index (χ0v) is 10.4. The summed E-state index contributed by atoms with van der Waals surface area (Å²) in [5, 5.41) is 9.15. The van der Waals surface area contributed by atoms with Crippen LogP contribution in [0.3, 0.4) is 0 Å². The first-order chi connectivity index (χ1) is 9.10. The van der Waals surface area contributed by atoms with Crippen LogP contribution in [0.5, 0.6) is 0 Å². The summed E-state index contributed by atoms with van der Waals surface area (Å²) >= 11 is 0. The minimum absolute atomic E-state index is 0.267. The zero-order valence-electron chi connectivity index (χ0n) is 10.4. The second-order valence-electron chi connectivity index (χ2n) is 3.94. The number of aromatic nitrogens is 2. The zero-order chi connectivity index (χ0) is 13.8. The van der Waals surface area contributed by atoms with E-state index in [2.05, 4.69) is 15.7 Å². The predicted octanol–water partition coefficient (Wildman–Crippen LogP) is 1.66. The first-order valence-electron chi connectivity index (χ1n) is 5.64. The van der Waals surface area contributed by atoms with Crippen molar-refractivity contribution in [2.24, 2.45) is 12.8 Å². The number of nitrogens with zero attached hydrogens (tertiary/aromatic N) is 2. The third-order valence-corrected chi connectivity index (χ3v) is 2.55. The van der Waals surface area contributed by atoms with Crippen molar-refractivity contribution in [1.82, 2.24) is 9.78 Å². The van der Waals surface area contributed by atoms with E-state index in [0.717, 1.165) is 5.56 Å². The summed E-state index contributed by atoms with van der Waals surface area (Å²) in [6, 6.07) is 5.16. The molecule has 0 saturated carbocycles. The van der Waals surface area contributed by atoms with Gasteiger partial charge in [0.1, 0.15) is 11.6 Å². The number of carbonyl (C=O) groups excluding carboxylic acids is 1. The first-order valence-corrected chi connectivity index (χ1v) is 5.64. The summed E-state index contributed by atoms with van der Waals surface area (Å²) in [7, 11) is 1.69. The van der Waals surface area contributed by atoms with Gasteiger partial charge in [-0.3, -0.25) is 10.00 Å². The molecular weight excluding hydrogens is 249 g/mol. The lowest BCUT2D eigenvalue weighted by atomic mass is 10.3. The van der Waals surface area contributed by atoms with Crippen LogP contribution in [0.4, 0.5) is 20.7 Å². The van der Waals surface area contributed by atoms with Crippen LogP contribution in [0.1, 0.15) is 5.56 Å².